The summed E-state index contributed by atoms with van der Waals surface area (Å²) in [5.74, 6) is -0.0539. The van der Waals surface area contributed by atoms with E-state index in [9.17, 15) is 19.2 Å². The molecule has 204 valence electrons. The fraction of sp³-hybridized carbons (Fsp3) is 0.419. The van der Waals surface area contributed by atoms with Crippen molar-refractivity contribution < 1.29 is 18.8 Å². The van der Waals surface area contributed by atoms with Crippen LogP contribution in [-0.4, -0.2) is 53.7 Å². The molecule has 3 aromatic rings. The molecule has 0 aliphatic carbocycles. The largest absolute Gasteiger partial charge is 0.451 e. The highest BCUT2D eigenvalue weighted by atomic mass is 16.3. The van der Waals surface area contributed by atoms with E-state index in [0.717, 1.165) is 31.4 Å². The molecule has 1 N–H and O–H groups in total. The van der Waals surface area contributed by atoms with E-state index < -0.39 is 5.91 Å². The lowest BCUT2D eigenvalue weighted by Gasteiger charge is -2.33. The number of nitrogens with zero attached hydrogens (tertiary/aromatic N) is 2. The maximum absolute atomic E-state index is 12.9. The molecule has 3 heterocycles. The lowest BCUT2D eigenvalue weighted by molar-refractivity contribution is -0.131. The average Bonchev–Trinajstić information content (AvgIpc) is 3.35. The number of rotatable bonds is 7. The average molecular weight is 530 g/mol. The summed E-state index contributed by atoms with van der Waals surface area (Å²) in [7, 11) is 0. The van der Waals surface area contributed by atoms with Crippen LogP contribution in [-0.2, 0) is 16.1 Å². The number of hydrogen-bond acceptors (Lipinski definition) is 5. The van der Waals surface area contributed by atoms with E-state index in [1.54, 1.807) is 17.0 Å². The molecule has 0 unspecified atom stereocenters. The van der Waals surface area contributed by atoms with Gasteiger partial charge in [0.05, 0.1) is 11.9 Å². The molecule has 39 heavy (non-hydrogen) atoms. The summed E-state index contributed by atoms with van der Waals surface area (Å²) >= 11 is 0. The second-order valence-electron chi connectivity index (χ2n) is 10.8. The van der Waals surface area contributed by atoms with E-state index in [2.05, 4.69) is 17.4 Å². The zero-order valence-corrected chi connectivity index (χ0v) is 22.6. The van der Waals surface area contributed by atoms with Crippen LogP contribution in [0.2, 0.25) is 0 Å². The molecule has 5 rings (SSSR count). The Morgan fingerprint density at radius 1 is 1.03 bits per heavy atom. The van der Waals surface area contributed by atoms with Crippen LogP contribution in [0.4, 0.5) is 0 Å². The van der Waals surface area contributed by atoms with Crippen molar-refractivity contribution in [3.05, 3.63) is 81.2 Å². The highest BCUT2D eigenvalue weighted by molar-refractivity contribution is 5.95. The molecule has 2 fully saturated rings. The Morgan fingerprint density at radius 3 is 2.51 bits per heavy atom. The minimum absolute atomic E-state index is 0.107. The van der Waals surface area contributed by atoms with Gasteiger partial charge in [0.15, 0.2) is 11.2 Å². The van der Waals surface area contributed by atoms with Crippen molar-refractivity contribution in [3.63, 3.8) is 0 Å². The van der Waals surface area contributed by atoms with Crippen molar-refractivity contribution in [1.82, 2.24) is 15.1 Å². The minimum Gasteiger partial charge on any atom is -0.451 e. The molecule has 2 aliphatic rings. The summed E-state index contributed by atoms with van der Waals surface area (Å²) in [6, 6.07) is 14.9. The summed E-state index contributed by atoms with van der Waals surface area (Å²) in [6.45, 7) is 6.57. The molecule has 0 saturated carbocycles. The molecular formula is C31H35N3O5. The minimum atomic E-state index is -0.587. The van der Waals surface area contributed by atoms with Crippen LogP contribution in [0.3, 0.4) is 0 Å². The van der Waals surface area contributed by atoms with Crippen LogP contribution in [0.15, 0.2) is 57.7 Å². The summed E-state index contributed by atoms with van der Waals surface area (Å²) in [6.07, 6.45) is 3.20. The van der Waals surface area contributed by atoms with E-state index >= 15 is 0 Å². The van der Waals surface area contributed by atoms with E-state index in [4.69, 9.17) is 4.42 Å². The number of fused-ring (bicyclic) bond motifs is 1. The molecule has 3 amide bonds. The monoisotopic (exact) mass is 529 g/mol. The molecule has 8 heteroatoms. The third kappa shape index (κ3) is 5.90. The number of carbonyl (C=O) groups is 3. The smallest absolute Gasteiger partial charge is 0.287 e. The molecule has 2 saturated heterocycles. The van der Waals surface area contributed by atoms with Gasteiger partial charge in [-0.3, -0.25) is 19.2 Å². The molecular weight excluding hydrogens is 494 g/mol. The third-order valence-electron chi connectivity index (χ3n) is 7.92. The topological polar surface area (TPSA) is 99.9 Å². The zero-order chi connectivity index (χ0) is 27.5. The lowest BCUT2D eigenvalue weighted by Crippen LogP contribution is -2.44. The van der Waals surface area contributed by atoms with Crippen molar-refractivity contribution in [2.75, 3.05) is 26.2 Å². The van der Waals surface area contributed by atoms with E-state index in [0.29, 0.717) is 42.9 Å². The van der Waals surface area contributed by atoms with Gasteiger partial charge in [0.1, 0.15) is 5.58 Å². The zero-order valence-electron chi connectivity index (χ0n) is 22.6. The molecule has 0 atom stereocenters. The van der Waals surface area contributed by atoms with Crippen LogP contribution < -0.4 is 10.7 Å². The Kier molecular flexibility index (Phi) is 7.82. The second-order valence-corrected chi connectivity index (χ2v) is 10.8. The van der Waals surface area contributed by atoms with Crippen molar-refractivity contribution in [3.8, 4) is 0 Å². The van der Waals surface area contributed by atoms with Crippen LogP contribution >= 0.6 is 0 Å². The first kappa shape index (κ1) is 26.7. The van der Waals surface area contributed by atoms with Crippen molar-refractivity contribution >= 4 is 28.7 Å². The number of likely N-dealkylation sites (tertiary alicyclic amines) is 2. The van der Waals surface area contributed by atoms with Crippen LogP contribution in [0, 0.1) is 0 Å². The maximum atomic E-state index is 12.9. The Bertz CT molecular complexity index is 1450. The number of hydrogen-bond donors (Lipinski definition) is 1. The van der Waals surface area contributed by atoms with Gasteiger partial charge in [0.2, 0.25) is 11.8 Å². The number of nitrogens with one attached hydrogen (secondary N) is 1. The van der Waals surface area contributed by atoms with E-state index in [1.165, 1.54) is 17.2 Å². The molecule has 2 aromatic carbocycles. The van der Waals surface area contributed by atoms with Gasteiger partial charge in [0.25, 0.3) is 5.91 Å². The van der Waals surface area contributed by atoms with Gasteiger partial charge >= 0.3 is 0 Å². The number of benzene rings is 2. The Hall–Kier alpha value is -3.94. The van der Waals surface area contributed by atoms with Gasteiger partial charge in [-0.05, 0) is 59.9 Å². The molecule has 8 nitrogen and oxygen atoms in total. The lowest BCUT2D eigenvalue weighted by atomic mass is 9.86. The number of amides is 3. The highest BCUT2D eigenvalue weighted by Crippen LogP contribution is 2.31. The van der Waals surface area contributed by atoms with Crippen LogP contribution in [0.1, 0.15) is 78.6 Å². The predicted molar refractivity (Wildman–Crippen MR) is 149 cm³/mol. The molecule has 1 aromatic heterocycles. The summed E-state index contributed by atoms with van der Waals surface area (Å²) in [5.41, 5.74) is 3.52. The van der Waals surface area contributed by atoms with E-state index in [-0.39, 0.29) is 35.5 Å². The quantitative estimate of drug-likeness (QED) is 0.495. The predicted octanol–water partition coefficient (Wildman–Crippen LogP) is 4.17. The van der Waals surface area contributed by atoms with Crippen molar-refractivity contribution in [2.45, 2.75) is 57.9 Å². The first-order valence-electron chi connectivity index (χ1n) is 13.8. The second kappa shape index (κ2) is 11.4. The fourth-order valence-electron chi connectivity index (χ4n) is 5.59. The molecule has 2 aliphatic heterocycles. The van der Waals surface area contributed by atoms with Gasteiger partial charge < -0.3 is 19.5 Å². The summed E-state index contributed by atoms with van der Waals surface area (Å²) in [4.78, 5) is 54.0. The third-order valence-corrected chi connectivity index (χ3v) is 7.92. The standard InChI is InChI=1S/C31H35N3O5/c1-20(2)22-9-10-27-25(16-22)26(35)17-28(39-27)31(38)32-18-30(37)33-14-11-21(12-15-33)24-7-4-3-6-23(24)19-34-13-5-8-29(34)36/h3-4,6-7,9-10,16-17,20-21H,5,8,11-15,18-19H2,1-2H3,(H,32,38). The SMILES string of the molecule is CC(C)c1ccc2oc(C(=O)NCC(=O)N3CCC(c4ccccc4CN4CCCC4=O)CC3)cc(=O)c2c1. The van der Waals surface area contributed by atoms with Gasteiger partial charge in [-0.2, -0.15) is 0 Å². The van der Waals surface area contributed by atoms with Gasteiger partial charge in [-0.25, -0.2) is 0 Å². The Balaban J connectivity index is 1.16. The summed E-state index contributed by atoms with van der Waals surface area (Å²) in [5, 5.41) is 3.05. The van der Waals surface area contributed by atoms with E-state index in [1.807, 2.05) is 36.9 Å². The normalized spacial score (nSPS) is 16.3. The first-order chi connectivity index (χ1) is 18.8. The first-order valence-corrected chi connectivity index (χ1v) is 13.8. The maximum Gasteiger partial charge on any atom is 0.287 e. The van der Waals surface area contributed by atoms with Crippen molar-refractivity contribution in [1.29, 1.82) is 0 Å². The molecule has 0 bridgehead atoms. The van der Waals surface area contributed by atoms with Crippen molar-refractivity contribution in [2.24, 2.45) is 0 Å². The molecule has 0 radical (unpaired) electrons. The Labute approximate surface area is 228 Å². The Morgan fingerprint density at radius 2 is 1.79 bits per heavy atom. The van der Waals surface area contributed by atoms with Crippen LogP contribution in [0.5, 0.6) is 0 Å². The van der Waals surface area contributed by atoms with Gasteiger partial charge in [-0.15, -0.1) is 0 Å². The number of piperidine rings is 1. The van der Waals surface area contributed by atoms with Crippen LogP contribution in [0.25, 0.3) is 11.0 Å². The fourth-order valence-corrected chi connectivity index (χ4v) is 5.59. The van der Waals surface area contributed by atoms with Gasteiger partial charge in [-0.1, -0.05) is 44.2 Å². The number of carbonyl (C=O) groups excluding carboxylic acids is 3. The summed E-state index contributed by atoms with van der Waals surface area (Å²) < 4.78 is 5.68. The molecule has 0 spiro atoms. The highest BCUT2D eigenvalue weighted by Gasteiger charge is 2.27. The van der Waals surface area contributed by atoms with Gasteiger partial charge in [0, 0.05) is 38.7 Å².